The zero-order chi connectivity index (χ0) is 39.6. The Hall–Kier alpha value is -6.85. The van der Waals surface area contributed by atoms with Crippen LogP contribution in [0.4, 0.5) is 34.1 Å². The summed E-state index contributed by atoms with van der Waals surface area (Å²) < 4.78 is 12.8. The summed E-state index contributed by atoms with van der Waals surface area (Å²) in [5.41, 5.74) is 16.8. The predicted molar refractivity (Wildman–Crippen MR) is 239 cm³/mol. The Morgan fingerprint density at radius 3 is 1.78 bits per heavy atom. The lowest BCUT2D eigenvalue weighted by Gasteiger charge is -2.43. The van der Waals surface area contributed by atoms with Crippen LogP contribution in [0.25, 0.3) is 28.1 Å². The molecule has 1 aromatic heterocycles. The van der Waals surface area contributed by atoms with Gasteiger partial charge in [0.1, 0.15) is 17.4 Å². The maximum Gasteiger partial charge on any atom is 0.227 e. The minimum Gasteiger partial charge on any atom is -0.485 e. The molecule has 6 aromatic carbocycles. The van der Waals surface area contributed by atoms with Crippen LogP contribution in [0.2, 0.25) is 0 Å². The highest BCUT2D eigenvalue weighted by Gasteiger charge is 2.41. The second-order valence-electron chi connectivity index (χ2n) is 17.5. The largest absolute Gasteiger partial charge is 0.485 e. The summed E-state index contributed by atoms with van der Waals surface area (Å²) >= 11 is 0. The van der Waals surface area contributed by atoms with E-state index in [1.165, 1.54) is 50.5 Å². The van der Waals surface area contributed by atoms with Crippen LogP contribution in [0, 0.1) is 11.8 Å². The van der Waals surface area contributed by atoms with Gasteiger partial charge in [0.2, 0.25) is 5.89 Å². The van der Waals surface area contributed by atoms with Crippen molar-refractivity contribution >= 4 is 50.8 Å². The molecule has 0 amide bonds. The van der Waals surface area contributed by atoms with Gasteiger partial charge in [0.05, 0.1) is 22.7 Å². The first kappa shape index (κ1) is 34.2. The molecular weight excluding hydrogens is 723 g/mol. The fourth-order valence-electron chi connectivity index (χ4n) is 9.97. The summed E-state index contributed by atoms with van der Waals surface area (Å²) in [6, 6.07) is 48.4. The van der Waals surface area contributed by atoms with Gasteiger partial charge in [-0.2, -0.15) is 0 Å². The van der Waals surface area contributed by atoms with E-state index in [1.807, 2.05) is 24.3 Å². The first-order valence-corrected chi connectivity index (χ1v) is 20.7. The molecule has 3 aliphatic carbocycles. The molecule has 59 heavy (non-hydrogen) atoms. The number of hydrogen-bond acceptors (Lipinski definition) is 5. The van der Waals surface area contributed by atoms with Crippen molar-refractivity contribution in [3.63, 3.8) is 0 Å². The Morgan fingerprint density at radius 1 is 0.576 bits per heavy atom. The van der Waals surface area contributed by atoms with Crippen molar-refractivity contribution in [3.8, 4) is 11.5 Å². The lowest BCUT2D eigenvalue weighted by atomic mass is 9.73. The average Bonchev–Trinajstić information content (AvgIpc) is 3.87. The molecule has 3 atom stereocenters. The third kappa shape index (κ3) is 5.13. The van der Waals surface area contributed by atoms with Crippen LogP contribution < -0.4 is 9.80 Å². The van der Waals surface area contributed by atoms with E-state index < -0.39 is 0 Å². The molecule has 0 N–H and O–H groups in total. The number of oxazole rings is 1. The molecular formula is C54H43N3O2. The lowest BCUT2D eigenvalue weighted by Crippen LogP contribution is -2.31. The number of ether oxygens (including phenoxy) is 1. The van der Waals surface area contributed by atoms with E-state index in [4.69, 9.17) is 14.1 Å². The van der Waals surface area contributed by atoms with Crippen LogP contribution in [0.1, 0.15) is 55.5 Å². The van der Waals surface area contributed by atoms with Crippen molar-refractivity contribution in [2.24, 2.45) is 11.8 Å². The van der Waals surface area contributed by atoms with Gasteiger partial charge in [-0.1, -0.05) is 107 Å². The molecule has 0 fully saturated rings. The quantitative estimate of drug-likeness (QED) is 0.158. The number of anilines is 6. The molecule has 2 aliphatic heterocycles. The van der Waals surface area contributed by atoms with E-state index >= 15 is 0 Å². The van der Waals surface area contributed by atoms with Gasteiger partial charge < -0.3 is 19.0 Å². The van der Waals surface area contributed by atoms with Crippen molar-refractivity contribution in [2.75, 3.05) is 9.80 Å². The van der Waals surface area contributed by atoms with Crippen LogP contribution in [0.5, 0.6) is 0 Å². The fourth-order valence-corrected chi connectivity index (χ4v) is 9.97. The van der Waals surface area contributed by atoms with E-state index in [1.54, 1.807) is 0 Å². The monoisotopic (exact) mass is 765 g/mol. The van der Waals surface area contributed by atoms with Crippen molar-refractivity contribution in [1.82, 2.24) is 4.98 Å². The van der Waals surface area contributed by atoms with Gasteiger partial charge in [0.25, 0.3) is 0 Å². The molecule has 0 saturated heterocycles. The number of fused-ring (bicyclic) bond motifs is 6. The molecule has 7 aromatic rings. The first-order chi connectivity index (χ1) is 28.7. The zero-order valence-electron chi connectivity index (χ0n) is 33.6. The van der Waals surface area contributed by atoms with Gasteiger partial charge >= 0.3 is 0 Å². The summed E-state index contributed by atoms with van der Waals surface area (Å²) in [5.74, 6) is 2.56. The molecule has 0 radical (unpaired) electrons. The summed E-state index contributed by atoms with van der Waals surface area (Å²) in [5, 5.41) is 0. The Balaban J connectivity index is 0.909. The average molecular weight is 766 g/mol. The Morgan fingerprint density at radius 2 is 1.15 bits per heavy atom. The number of benzene rings is 6. The van der Waals surface area contributed by atoms with E-state index in [-0.39, 0.29) is 16.9 Å². The van der Waals surface area contributed by atoms with Gasteiger partial charge in [-0.3, -0.25) is 0 Å². The summed E-state index contributed by atoms with van der Waals surface area (Å²) in [4.78, 5) is 9.69. The van der Waals surface area contributed by atoms with Crippen molar-refractivity contribution in [1.29, 1.82) is 0 Å². The summed E-state index contributed by atoms with van der Waals surface area (Å²) in [7, 11) is 0. The van der Waals surface area contributed by atoms with Crippen LogP contribution in [0.3, 0.4) is 0 Å². The third-order valence-electron chi connectivity index (χ3n) is 13.4. The highest BCUT2D eigenvalue weighted by molar-refractivity contribution is 5.92. The molecule has 0 spiro atoms. The second-order valence-corrected chi connectivity index (χ2v) is 17.5. The maximum absolute atomic E-state index is 6.54. The van der Waals surface area contributed by atoms with Crippen molar-refractivity contribution < 1.29 is 9.15 Å². The maximum atomic E-state index is 6.54. The highest BCUT2D eigenvalue weighted by Crippen LogP contribution is 2.55. The zero-order valence-corrected chi connectivity index (χ0v) is 33.6. The van der Waals surface area contributed by atoms with E-state index in [9.17, 15) is 0 Å². The van der Waals surface area contributed by atoms with Gasteiger partial charge in [0.15, 0.2) is 5.58 Å². The minimum absolute atomic E-state index is 0.0206. The number of rotatable bonds is 6. The topological polar surface area (TPSA) is 41.7 Å². The molecule has 2 unspecified atom stereocenters. The van der Waals surface area contributed by atoms with Crippen LogP contribution in [-0.2, 0) is 15.6 Å². The van der Waals surface area contributed by atoms with Crippen molar-refractivity contribution in [3.05, 3.63) is 203 Å². The first-order valence-electron chi connectivity index (χ1n) is 20.7. The van der Waals surface area contributed by atoms with Crippen LogP contribution >= 0.6 is 0 Å². The Bertz CT molecular complexity index is 2980. The summed E-state index contributed by atoms with van der Waals surface area (Å²) in [6.07, 6.45) is 13.3. The Kier molecular flexibility index (Phi) is 7.15. The van der Waals surface area contributed by atoms with Crippen LogP contribution in [0.15, 0.2) is 180 Å². The van der Waals surface area contributed by atoms with E-state index in [2.05, 4.69) is 183 Å². The minimum atomic E-state index is -0.249. The van der Waals surface area contributed by atoms with Gasteiger partial charge in [-0.25, -0.2) is 4.98 Å². The molecule has 0 saturated carbocycles. The van der Waals surface area contributed by atoms with Crippen molar-refractivity contribution in [2.45, 2.75) is 44.6 Å². The number of allylic oxidation sites excluding steroid dienone is 5. The normalized spacial score (nSPS) is 21.0. The van der Waals surface area contributed by atoms with Gasteiger partial charge in [0, 0.05) is 45.2 Å². The molecule has 0 bridgehead atoms. The smallest absolute Gasteiger partial charge is 0.227 e. The molecule has 5 heteroatoms. The van der Waals surface area contributed by atoms with Gasteiger partial charge in [-0.05, 0) is 119 Å². The number of nitrogens with zero attached hydrogens (tertiary/aromatic N) is 3. The molecule has 286 valence electrons. The van der Waals surface area contributed by atoms with Gasteiger partial charge in [-0.15, -0.1) is 0 Å². The molecule has 3 heterocycles. The lowest BCUT2D eigenvalue weighted by molar-refractivity contribution is 0.179. The standard InChI is InChI=1S/C54H43N3O2/c1-53(2)40-13-5-8-16-45(40)56(47-28-21-34(30-42(47)53)39-32-51(39)58-49-19-11-12-33-20-27-38(33)49)36-23-25-37(26-24-36)57-46-17-9-6-14-41(46)54(3,4)43-31-35(22-29-48(43)57)52-55-44-15-7-10-18-50(44)59-52/h5-33,38,51H,1-4H3/t33?,38-,51?/m0/s1. The third-order valence-corrected chi connectivity index (χ3v) is 13.4. The molecule has 5 aliphatic rings. The number of hydrogen-bond donors (Lipinski definition) is 0. The fraction of sp³-hybridized carbons (Fsp3) is 0.167. The second kappa shape index (κ2) is 12.3. The van der Waals surface area contributed by atoms with E-state index in [0.717, 1.165) is 39.5 Å². The molecule has 5 nitrogen and oxygen atoms in total. The van der Waals surface area contributed by atoms with E-state index in [0.29, 0.717) is 17.7 Å². The Labute approximate surface area is 344 Å². The van der Waals surface area contributed by atoms with Crippen LogP contribution in [-0.4, -0.2) is 11.1 Å². The number of para-hydroxylation sites is 4. The predicted octanol–water partition coefficient (Wildman–Crippen LogP) is 13.8. The number of aromatic nitrogens is 1. The molecule has 12 rings (SSSR count). The SMILES string of the molecule is CC1(C)c2ccccc2N(c2ccc(N3c4ccccc4C(C)(C)c4cc(-c5nc6ccccc6o5)ccc43)cc2)c2ccc(C3=CC3OC3=CC=CC4C=C[C@H]34)cc21. The highest BCUT2D eigenvalue weighted by atomic mass is 16.5. The summed E-state index contributed by atoms with van der Waals surface area (Å²) in [6.45, 7) is 9.35.